The summed E-state index contributed by atoms with van der Waals surface area (Å²) < 4.78 is 5.46. The summed E-state index contributed by atoms with van der Waals surface area (Å²) >= 11 is 0. The average molecular weight is 294 g/mol. The molecule has 1 aromatic rings. The van der Waals surface area contributed by atoms with Crippen molar-refractivity contribution in [3.8, 4) is 5.75 Å². The van der Waals surface area contributed by atoms with Crippen molar-refractivity contribution in [1.29, 1.82) is 0 Å². The van der Waals surface area contributed by atoms with Crippen LogP contribution in [0.3, 0.4) is 0 Å². The first-order valence-corrected chi connectivity index (χ1v) is 7.43. The predicted octanol–water partition coefficient (Wildman–Crippen LogP) is 2.20. The van der Waals surface area contributed by atoms with Gasteiger partial charge in [0.25, 0.3) is 5.91 Å². The molecule has 0 unspecified atom stereocenters. The number of hydrogen-bond acceptors (Lipinski definition) is 4. The van der Waals surface area contributed by atoms with Gasteiger partial charge in [0.1, 0.15) is 11.3 Å². The van der Waals surface area contributed by atoms with Crippen molar-refractivity contribution in [2.75, 3.05) is 25.5 Å². The molecule has 0 aliphatic heterocycles. The zero-order valence-electron chi connectivity index (χ0n) is 13.1. The van der Waals surface area contributed by atoms with E-state index in [0.29, 0.717) is 30.2 Å². The average Bonchev–Trinajstić information content (AvgIpc) is 2.49. The third kappa shape index (κ3) is 4.11. The Morgan fingerprint density at radius 3 is 2.52 bits per heavy atom. The van der Waals surface area contributed by atoms with E-state index < -0.39 is 0 Å². The first kappa shape index (κ1) is 17.3. The summed E-state index contributed by atoms with van der Waals surface area (Å²) in [6.07, 6.45) is 1.59. The van der Waals surface area contributed by atoms with E-state index in [9.17, 15) is 9.90 Å². The highest BCUT2D eigenvalue weighted by atomic mass is 16.5. The Bertz CT molecular complexity index is 462. The Kier molecular flexibility index (Phi) is 6.49. The number of nitrogens with two attached hydrogens (primary N) is 1. The van der Waals surface area contributed by atoms with Crippen LogP contribution in [0.1, 0.15) is 44.0 Å². The fourth-order valence-corrected chi connectivity index (χ4v) is 2.20. The second-order valence-corrected chi connectivity index (χ2v) is 5.20. The minimum absolute atomic E-state index is 0.0445. The van der Waals surface area contributed by atoms with Gasteiger partial charge in [-0.2, -0.15) is 0 Å². The van der Waals surface area contributed by atoms with Crippen molar-refractivity contribution >= 4 is 11.6 Å². The maximum absolute atomic E-state index is 12.4. The lowest BCUT2D eigenvalue weighted by atomic mass is 9.83. The first-order chi connectivity index (χ1) is 10.0. The van der Waals surface area contributed by atoms with Crippen molar-refractivity contribution < 1.29 is 14.6 Å². The molecule has 0 saturated heterocycles. The third-order valence-electron chi connectivity index (χ3n) is 4.04. The molecule has 5 heteroatoms. The van der Waals surface area contributed by atoms with Gasteiger partial charge in [0, 0.05) is 17.6 Å². The van der Waals surface area contributed by atoms with Gasteiger partial charge in [-0.05, 0) is 31.9 Å². The van der Waals surface area contributed by atoms with Gasteiger partial charge in [0.2, 0.25) is 0 Å². The molecule has 0 radical (unpaired) electrons. The fourth-order valence-electron chi connectivity index (χ4n) is 2.20. The number of aliphatic hydroxyl groups excluding tert-OH is 1. The highest BCUT2D eigenvalue weighted by Crippen LogP contribution is 2.27. The van der Waals surface area contributed by atoms with Gasteiger partial charge in [0.05, 0.1) is 13.2 Å². The lowest BCUT2D eigenvalue weighted by Gasteiger charge is -2.29. The largest absolute Gasteiger partial charge is 0.493 e. The van der Waals surface area contributed by atoms with Crippen LogP contribution in [0.25, 0.3) is 0 Å². The number of aliphatic hydroxyl groups is 1. The molecule has 1 aromatic carbocycles. The first-order valence-electron chi connectivity index (χ1n) is 7.43. The SMILES string of the molecule is CCOc1cccc(N)c1C(=O)NCC(CC)(CC)CO. The number of carbonyl (C=O) groups is 1. The van der Waals surface area contributed by atoms with Crippen molar-refractivity contribution in [2.45, 2.75) is 33.6 Å². The molecule has 4 N–H and O–H groups in total. The molecule has 0 saturated carbocycles. The highest BCUT2D eigenvalue weighted by molar-refractivity contribution is 6.01. The molecule has 118 valence electrons. The van der Waals surface area contributed by atoms with Crippen LogP contribution in [-0.4, -0.2) is 30.8 Å². The molecule has 0 aliphatic carbocycles. The minimum Gasteiger partial charge on any atom is -0.493 e. The molecule has 0 bridgehead atoms. The van der Waals surface area contributed by atoms with Gasteiger partial charge in [0.15, 0.2) is 0 Å². The van der Waals surface area contributed by atoms with Crippen molar-refractivity contribution in [3.63, 3.8) is 0 Å². The summed E-state index contributed by atoms with van der Waals surface area (Å²) in [5, 5.41) is 12.4. The number of anilines is 1. The van der Waals surface area contributed by atoms with Crippen molar-refractivity contribution in [3.05, 3.63) is 23.8 Å². The van der Waals surface area contributed by atoms with Crippen LogP contribution in [0, 0.1) is 5.41 Å². The molecule has 21 heavy (non-hydrogen) atoms. The van der Waals surface area contributed by atoms with E-state index >= 15 is 0 Å². The molecule has 0 fully saturated rings. The van der Waals surface area contributed by atoms with Crippen LogP contribution in [0.4, 0.5) is 5.69 Å². The number of carbonyl (C=O) groups excluding carboxylic acids is 1. The topological polar surface area (TPSA) is 84.6 Å². The van der Waals surface area contributed by atoms with Crippen LogP contribution >= 0.6 is 0 Å². The van der Waals surface area contributed by atoms with E-state index in [1.165, 1.54) is 0 Å². The maximum Gasteiger partial charge on any atom is 0.257 e. The second kappa shape index (κ2) is 7.88. The van der Waals surface area contributed by atoms with E-state index in [4.69, 9.17) is 10.5 Å². The van der Waals surface area contributed by atoms with Gasteiger partial charge < -0.3 is 20.9 Å². The number of benzene rings is 1. The normalized spacial score (nSPS) is 11.2. The van der Waals surface area contributed by atoms with Crippen molar-refractivity contribution in [1.82, 2.24) is 5.32 Å². The zero-order chi connectivity index (χ0) is 15.9. The molecule has 0 spiro atoms. The summed E-state index contributed by atoms with van der Waals surface area (Å²) in [7, 11) is 0. The minimum atomic E-state index is -0.287. The van der Waals surface area contributed by atoms with Gasteiger partial charge in [-0.25, -0.2) is 0 Å². The van der Waals surface area contributed by atoms with Gasteiger partial charge in [-0.3, -0.25) is 4.79 Å². The number of hydrogen-bond donors (Lipinski definition) is 3. The molecule has 1 amide bonds. The van der Waals surface area contributed by atoms with E-state index in [0.717, 1.165) is 12.8 Å². The summed E-state index contributed by atoms with van der Waals surface area (Å²) in [5.74, 6) is 0.217. The number of nitrogen functional groups attached to an aromatic ring is 1. The summed E-state index contributed by atoms with van der Waals surface area (Å²) in [4.78, 5) is 12.4. The number of amides is 1. The number of rotatable bonds is 8. The molecule has 1 rings (SSSR count). The lowest BCUT2D eigenvalue weighted by Crippen LogP contribution is -2.39. The third-order valence-corrected chi connectivity index (χ3v) is 4.04. The van der Waals surface area contributed by atoms with Crippen LogP contribution in [0.2, 0.25) is 0 Å². The smallest absolute Gasteiger partial charge is 0.257 e. The van der Waals surface area contributed by atoms with E-state index in [-0.39, 0.29) is 17.9 Å². The van der Waals surface area contributed by atoms with Crippen LogP contribution < -0.4 is 15.8 Å². The monoisotopic (exact) mass is 294 g/mol. The Morgan fingerprint density at radius 1 is 1.33 bits per heavy atom. The maximum atomic E-state index is 12.4. The summed E-state index contributed by atoms with van der Waals surface area (Å²) in [5.41, 5.74) is 6.36. The van der Waals surface area contributed by atoms with E-state index in [1.807, 2.05) is 20.8 Å². The lowest BCUT2D eigenvalue weighted by molar-refractivity contribution is 0.0849. The molecule has 0 aliphatic rings. The Labute approximate surface area is 126 Å². The fraction of sp³-hybridized carbons (Fsp3) is 0.562. The van der Waals surface area contributed by atoms with E-state index in [2.05, 4.69) is 5.32 Å². The summed E-state index contributed by atoms with van der Waals surface area (Å²) in [6, 6.07) is 5.16. The molecule has 0 atom stereocenters. The molecular weight excluding hydrogens is 268 g/mol. The number of ether oxygens (including phenoxy) is 1. The standard InChI is InChI=1S/C16H26N2O3/c1-4-16(5-2,11-19)10-18-15(20)14-12(17)8-7-9-13(14)21-6-3/h7-9,19H,4-6,10-11,17H2,1-3H3,(H,18,20). The Hall–Kier alpha value is -1.75. The van der Waals surface area contributed by atoms with Crippen LogP contribution in [0.15, 0.2) is 18.2 Å². The van der Waals surface area contributed by atoms with E-state index in [1.54, 1.807) is 18.2 Å². The molecular formula is C16H26N2O3. The predicted molar refractivity (Wildman–Crippen MR) is 84.5 cm³/mol. The number of nitrogens with one attached hydrogen (secondary N) is 1. The van der Waals surface area contributed by atoms with Crippen LogP contribution in [0.5, 0.6) is 5.75 Å². The van der Waals surface area contributed by atoms with Crippen LogP contribution in [-0.2, 0) is 0 Å². The van der Waals surface area contributed by atoms with Crippen molar-refractivity contribution in [2.24, 2.45) is 5.41 Å². The molecule has 5 nitrogen and oxygen atoms in total. The van der Waals surface area contributed by atoms with Gasteiger partial charge in [-0.15, -0.1) is 0 Å². The Balaban J connectivity index is 2.90. The molecule has 0 aromatic heterocycles. The Morgan fingerprint density at radius 2 is 2.00 bits per heavy atom. The zero-order valence-corrected chi connectivity index (χ0v) is 13.1. The summed E-state index contributed by atoms with van der Waals surface area (Å²) in [6.45, 7) is 6.80. The van der Waals surface area contributed by atoms with Gasteiger partial charge >= 0.3 is 0 Å². The van der Waals surface area contributed by atoms with Gasteiger partial charge in [-0.1, -0.05) is 19.9 Å². The molecule has 0 heterocycles. The quantitative estimate of drug-likeness (QED) is 0.642. The highest BCUT2D eigenvalue weighted by Gasteiger charge is 2.27. The second-order valence-electron chi connectivity index (χ2n) is 5.20.